The second-order valence-corrected chi connectivity index (χ2v) is 5.34. The van der Waals surface area contributed by atoms with Crippen LogP contribution >= 0.6 is 11.9 Å². The van der Waals surface area contributed by atoms with Crippen LogP contribution in [0.2, 0.25) is 0 Å². The standard InChI is InChI=1S/C14H16N4O4S/c1-21-11-4-3-9(5-12(11)22-2)17-13(19)7-23-18-6-10(14(15)20)16-8-18/h3-6,8H,7H2,1-2H3,(H2,15,20)(H,17,19). The van der Waals surface area contributed by atoms with Gasteiger partial charge in [0.2, 0.25) is 5.91 Å². The fourth-order valence-electron chi connectivity index (χ4n) is 1.75. The van der Waals surface area contributed by atoms with Gasteiger partial charge in [-0.2, -0.15) is 0 Å². The van der Waals surface area contributed by atoms with Gasteiger partial charge in [0.15, 0.2) is 11.5 Å². The SMILES string of the molecule is COc1ccc(NC(=O)CSn2cnc(C(N)=O)c2)cc1OC. The smallest absolute Gasteiger partial charge is 0.268 e. The van der Waals surface area contributed by atoms with Crippen molar-refractivity contribution in [3.05, 3.63) is 36.4 Å². The van der Waals surface area contributed by atoms with Crippen molar-refractivity contribution in [3.8, 4) is 11.5 Å². The number of aromatic nitrogens is 2. The normalized spacial score (nSPS) is 10.2. The number of nitrogens with one attached hydrogen (secondary N) is 1. The summed E-state index contributed by atoms with van der Waals surface area (Å²) in [7, 11) is 3.06. The second kappa shape index (κ2) is 7.54. The highest BCUT2D eigenvalue weighted by Crippen LogP contribution is 2.29. The summed E-state index contributed by atoms with van der Waals surface area (Å²) in [6.07, 6.45) is 2.89. The van der Waals surface area contributed by atoms with E-state index in [-0.39, 0.29) is 17.4 Å². The molecule has 23 heavy (non-hydrogen) atoms. The number of amides is 2. The Morgan fingerprint density at radius 2 is 2.04 bits per heavy atom. The molecule has 0 radical (unpaired) electrons. The molecule has 3 N–H and O–H groups in total. The van der Waals surface area contributed by atoms with Gasteiger partial charge in [0.25, 0.3) is 5.91 Å². The van der Waals surface area contributed by atoms with Gasteiger partial charge in [0.05, 0.1) is 20.0 Å². The summed E-state index contributed by atoms with van der Waals surface area (Å²) >= 11 is 1.18. The van der Waals surface area contributed by atoms with Crippen LogP contribution in [0.15, 0.2) is 30.7 Å². The van der Waals surface area contributed by atoms with Crippen molar-refractivity contribution in [2.45, 2.75) is 0 Å². The van der Waals surface area contributed by atoms with E-state index in [2.05, 4.69) is 10.3 Å². The predicted molar refractivity (Wildman–Crippen MR) is 86.8 cm³/mol. The molecular weight excluding hydrogens is 320 g/mol. The molecule has 0 saturated carbocycles. The largest absolute Gasteiger partial charge is 0.493 e. The molecule has 0 aliphatic heterocycles. The number of rotatable bonds is 7. The molecule has 0 aliphatic carbocycles. The molecule has 0 saturated heterocycles. The lowest BCUT2D eigenvalue weighted by Crippen LogP contribution is -2.15. The monoisotopic (exact) mass is 336 g/mol. The molecular formula is C14H16N4O4S. The van der Waals surface area contributed by atoms with Gasteiger partial charge >= 0.3 is 0 Å². The minimum atomic E-state index is -0.612. The molecule has 8 nitrogen and oxygen atoms in total. The van der Waals surface area contributed by atoms with Crippen molar-refractivity contribution in [3.63, 3.8) is 0 Å². The van der Waals surface area contributed by atoms with E-state index in [0.717, 1.165) is 0 Å². The molecule has 0 aliphatic rings. The number of hydrogen-bond donors (Lipinski definition) is 2. The summed E-state index contributed by atoms with van der Waals surface area (Å²) in [5.74, 6) is 0.426. The van der Waals surface area contributed by atoms with Crippen LogP contribution < -0.4 is 20.5 Å². The van der Waals surface area contributed by atoms with E-state index in [9.17, 15) is 9.59 Å². The molecule has 2 aromatic rings. The van der Waals surface area contributed by atoms with E-state index in [0.29, 0.717) is 17.2 Å². The third-order valence-corrected chi connectivity index (χ3v) is 3.71. The van der Waals surface area contributed by atoms with E-state index in [1.165, 1.54) is 38.7 Å². The lowest BCUT2D eigenvalue weighted by molar-refractivity contribution is -0.113. The number of benzene rings is 1. The van der Waals surface area contributed by atoms with Crippen LogP contribution in [0.3, 0.4) is 0 Å². The zero-order valence-corrected chi connectivity index (χ0v) is 13.4. The Bertz CT molecular complexity index is 717. The van der Waals surface area contributed by atoms with Crippen molar-refractivity contribution in [1.82, 2.24) is 8.96 Å². The van der Waals surface area contributed by atoms with Crippen molar-refractivity contribution in [2.75, 3.05) is 25.3 Å². The minimum absolute atomic E-state index is 0.142. The first-order valence-electron chi connectivity index (χ1n) is 6.52. The topological polar surface area (TPSA) is 108 Å². The van der Waals surface area contributed by atoms with Crippen molar-refractivity contribution in [1.29, 1.82) is 0 Å². The number of primary amides is 1. The molecule has 9 heteroatoms. The first kappa shape index (κ1) is 16.7. The van der Waals surface area contributed by atoms with E-state index >= 15 is 0 Å². The number of anilines is 1. The maximum atomic E-state index is 12.0. The number of carbonyl (C=O) groups excluding carboxylic acids is 2. The van der Waals surface area contributed by atoms with Crippen LogP contribution in [0.1, 0.15) is 10.5 Å². The Hall–Kier alpha value is -2.68. The third-order valence-electron chi connectivity index (χ3n) is 2.82. The van der Waals surface area contributed by atoms with Crippen LogP contribution in [0.25, 0.3) is 0 Å². The third kappa shape index (κ3) is 4.39. The van der Waals surface area contributed by atoms with E-state index in [4.69, 9.17) is 15.2 Å². The molecule has 122 valence electrons. The Morgan fingerprint density at radius 3 is 2.65 bits per heavy atom. The molecule has 1 aromatic heterocycles. The molecule has 1 aromatic carbocycles. The number of ether oxygens (including phenoxy) is 2. The fraction of sp³-hybridized carbons (Fsp3) is 0.214. The number of nitrogens with two attached hydrogens (primary N) is 1. The van der Waals surface area contributed by atoms with Crippen LogP contribution in [-0.2, 0) is 4.79 Å². The number of carbonyl (C=O) groups is 2. The quantitative estimate of drug-likeness (QED) is 0.785. The molecule has 0 atom stereocenters. The van der Waals surface area contributed by atoms with Gasteiger partial charge < -0.3 is 20.5 Å². The van der Waals surface area contributed by atoms with Gasteiger partial charge in [-0.05, 0) is 24.1 Å². The Labute approximate surface area is 137 Å². The summed E-state index contributed by atoms with van der Waals surface area (Å²) in [5, 5.41) is 2.75. The molecule has 2 amide bonds. The van der Waals surface area contributed by atoms with Gasteiger partial charge in [-0.25, -0.2) is 4.98 Å². The first-order chi connectivity index (χ1) is 11.0. The van der Waals surface area contributed by atoms with E-state index in [1.54, 1.807) is 22.2 Å². The molecule has 2 rings (SSSR count). The lowest BCUT2D eigenvalue weighted by Gasteiger charge is -2.10. The Morgan fingerprint density at radius 1 is 1.30 bits per heavy atom. The first-order valence-corrected chi connectivity index (χ1v) is 7.46. The van der Waals surface area contributed by atoms with Crippen LogP contribution in [0, 0.1) is 0 Å². The van der Waals surface area contributed by atoms with Gasteiger partial charge in [-0.3, -0.25) is 13.6 Å². The fourth-order valence-corrected chi connectivity index (χ4v) is 2.38. The maximum absolute atomic E-state index is 12.0. The maximum Gasteiger partial charge on any atom is 0.268 e. The number of methoxy groups -OCH3 is 2. The average Bonchev–Trinajstić information content (AvgIpc) is 3.02. The molecule has 0 bridgehead atoms. The van der Waals surface area contributed by atoms with Crippen molar-refractivity contribution in [2.24, 2.45) is 5.73 Å². The summed E-state index contributed by atoms with van der Waals surface area (Å²) < 4.78 is 11.9. The summed E-state index contributed by atoms with van der Waals surface area (Å²) in [4.78, 5) is 26.7. The summed E-state index contributed by atoms with van der Waals surface area (Å²) in [6, 6.07) is 5.09. The van der Waals surface area contributed by atoms with Crippen LogP contribution in [0.4, 0.5) is 5.69 Å². The average molecular weight is 336 g/mol. The highest BCUT2D eigenvalue weighted by Gasteiger charge is 2.09. The Kier molecular flexibility index (Phi) is 5.47. The van der Waals surface area contributed by atoms with E-state index in [1.807, 2.05) is 0 Å². The minimum Gasteiger partial charge on any atom is -0.493 e. The Balaban J connectivity index is 1.92. The second-order valence-electron chi connectivity index (χ2n) is 4.37. The summed E-state index contributed by atoms with van der Waals surface area (Å²) in [5.41, 5.74) is 5.86. The number of imidazole rings is 1. The molecule has 0 unspecified atom stereocenters. The predicted octanol–water partition coefficient (Wildman–Crippen LogP) is 1.13. The van der Waals surface area contributed by atoms with Crippen LogP contribution in [-0.4, -0.2) is 40.7 Å². The van der Waals surface area contributed by atoms with Gasteiger partial charge in [-0.1, -0.05) is 0 Å². The lowest BCUT2D eigenvalue weighted by atomic mass is 10.2. The van der Waals surface area contributed by atoms with Crippen molar-refractivity contribution >= 4 is 29.4 Å². The molecule has 1 heterocycles. The zero-order valence-electron chi connectivity index (χ0n) is 12.6. The summed E-state index contributed by atoms with van der Waals surface area (Å²) in [6.45, 7) is 0. The molecule has 0 spiro atoms. The number of nitrogens with zero attached hydrogens (tertiary/aromatic N) is 2. The van der Waals surface area contributed by atoms with Gasteiger partial charge in [-0.15, -0.1) is 0 Å². The van der Waals surface area contributed by atoms with Crippen LogP contribution in [0.5, 0.6) is 11.5 Å². The van der Waals surface area contributed by atoms with Gasteiger partial charge in [0.1, 0.15) is 12.0 Å². The van der Waals surface area contributed by atoms with Gasteiger partial charge in [0, 0.05) is 18.0 Å². The number of hydrogen-bond acceptors (Lipinski definition) is 6. The highest BCUT2D eigenvalue weighted by molar-refractivity contribution is 7.98. The van der Waals surface area contributed by atoms with E-state index < -0.39 is 5.91 Å². The highest BCUT2D eigenvalue weighted by atomic mass is 32.2. The zero-order chi connectivity index (χ0) is 16.8. The molecule has 0 fully saturated rings. The van der Waals surface area contributed by atoms with Crippen molar-refractivity contribution < 1.29 is 19.1 Å².